The highest BCUT2D eigenvalue weighted by molar-refractivity contribution is 7.17. The zero-order chi connectivity index (χ0) is 19.5. The average Bonchev–Trinajstić information content (AvgIpc) is 3.31. The van der Waals surface area contributed by atoms with Gasteiger partial charge >= 0.3 is 5.97 Å². The van der Waals surface area contributed by atoms with Crippen LogP contribution >= 0.6 is 11.3 Å². The van der Waals surface area contributed by atoms with E-state index in [0.717, 1.165) is 41.7 Å². The summed E-state index contributed by atoms with van der Waals surface area (Å²) >= 11 is 1.37. The number of carboxylic acids is 1. The quantitative estimate of drug-likeness (QED) is 0.654. The molecule has 1 amide bonds. The smallest absolute Gasteiger partial charge is 0.339 e. The average molecular weight is 398 g/mol. The Bertz CT molecular complexity index is 1010. The van der Waals surface area contributed by atoms with Crippen LogP contribution in [0.25, 0.3) is 11.4 Å². The zero-order valence-corrected chi connectivity index (χ0v) is 15.8. The molecule has 1 aliphatic rings. The Labute approximate surface area is 164 Å². The molecule has 28 heavy (non-hydrogen) atoms. The monoisotopic (exact) mass is 398 g/mol. The number of aromatic carboxylic acids is 1. The third kappa shape index (κ3) is 3.79. The highest BCUT2D eigenvalue weighted by atomic mass is 32.1. The van der Waals surface area contributed by atoms with Gasteiger partial charge in [-0.2, -0.15) is 4.98 Å². The summed E-state index contributed by atoms with van der Waals surface area (Å²) in [6.07, 6.45) is 7.33. The third-order valence-corrected chi connectivity index (χ3v) is 5.80. The molecular weight excluding hydrogens is 380 g/mol. The first-order chi connectivity index (χ1) is 13.6. The molecule has 144 valence electrons. The number of aryl methyl sites for hydroxylation is 2. The van der Waals surface area contributed by atoms with Crippen molar-refractivity contribution in [3.63, 3.8) is 0 Å². The molecular formula is C19H18N4O4S. The van der Waals surface area contributed by atoms with E-state index >= 15 is 0 Å². The maximum absolute atomic E-state index is 12.4. The van der Waals surface area contributed by atoms with Gasteiger partial charge in [0.05, 0.1) is 5.56 Å². The number of pyridine rings is 1. The number of aromatic nitrogens is 3. The Hall–Kier alpha value is -3.07. The van der Waals surface area contributed by atoms with Crippen molar-refractivity contribution in [3.8, 4) is 11.4 Å². The van der Waals surface area contributed by atoms with E-state index < -0.39 is 5.97 Å². The predicted molar refractivity (Wildman–Crippen MR) is 102 cm³/mol. The lowest BCUT2D eigenvalue weighted by Crippen LogP contribution is -2.14. The minimum absolute atomic E-state index is 0.121. The first kappa shape index (κ1) is 18.3. The fraction of sp³-hybridized carbons (Fsp3) is 0.316. The van der Waals surface area contributed by atoms with Gasteiger partial charge in [-0.15, -0.1) is 11.3 Å². The highest BCUT2D eigenvalue weighted by Crippen LogP contribution is 2.38. The van der Waals surface area contributed by atoms with Crippen molar-refractivity contribution in [1.29, 1.82) is 0 Å². The Kier molecular flexibility index (Phi) is 5.16. The van der Waals surface area contributed by atoms with Crippen LogP contribution in [0.15, 0.2) is 29.0 Å². The molecule has 1 aliphatic carbocycles. The van der Waals surface area contributed by atoms with Gasteiger partial charge in [-0.3, -0.25) is 9.78 Å². The largest absolute Gasteiger partial charge is 0.478 e. The van der Waals surface area contributed by atoms with Crippen LogP contribution in [0.4, 0.5) is 5.00 Å². The van der Waals surface area contributed by atoms with Crippen LogP contribution in [0.3, 0.4) is 0 Å². The highest BCUT2D eigenvalue weighted by Gasteiger charge is 2.26. The maximum Gasteiger partial charge on any atom is 0.339 e. The fourth-order valence-electron chi connectivity index (χ4n) is 3.26. The lowest BCUT2D eigenvalue weighted by atomic mass is 9.95. The van der Waals surface area contributed by atoms with Crippen molar-refractivity contribution in [2.45, 2.75) is 38.5 Å². The van der Waals surface area contributed by atoms with Crippen LogP contribution in [0, 0.1) is 0 Å². The van der Waals surface area contributed by atoms with Gasteiger partial charge in [-0.1, -0.05) is 5.16 Å². The van der Waals surface area contributed by atoms with E-state index in [2.05, 4.69) is 20.4 Å². The fourth-order valence-corrected chi connectivity index (χ4v) is 4.56. The Morgan fingerprint density at radius 2 is 2.14 bits per heavy atom. The molecule has 0 aromatic carbocycles. The molecule has 4 rings (SSSR count). The van der Waals surface area contributed by atoms with Crippen LogP contribution in [0.5, 0.6) is 0 Å². The van der Waals surface area contributed by atoms with Crippen LogP contribution in [-0.2, 0) is 24.1 Å². The molecule has 3 heterocycles. The molecule has 0 radical (unpaired) electrons. The van der Waals surface area contributed by atoms with Crippen molar-refractivity contribution >= 4 is 28.2 Å². The predicted octanol–water partition coefficient (Wildman–Crippen LogP) is 3.34. The molecule has 0 unspecified atom stereocenters. The Morgan fingerprint density at radius 1 is 1.29 bits per heavy atom. The van der Waals surface area contributed by atoms with E-state index in [4.69, 9.17) is 4.52 Å². The molecule has 8 nitrogen and oxygen atoms in total. The van der Waals surface area contributed by atoms with Gasteiger partial charge in [-0.05, 0) is 43.4 Å². The number of nitrogens with one attached hydrogen (secondary N) is 1. The van der Waals surface area contributed by atoms with Gasteiger partial charge in [0.2, 0.25) is 17.6 Å². The summed E-state index contributed by atoms with van der Waals surface area (Å²) < 4.78 is 5.19. The molecule has 2 N–H and O–H groups in total. The number of fused-ring (bicyclic) bond motifs is 1. The molecule has 0 saturated heterocycles. The minimum Gasteiger partial charge on any atom is -0.478 e. The topological polar surface area (TPSA) is 118 Å². The number of rotatable bonds is 6. The van der Waals surface area contributed by atoms with E-state index in [9.17, 15) is 14.7 Å². The van der Waals surface area contributed by atoms with E-state index in [1.54, 1.807) is 18.5 Å². The second-order valence-corrected chi connectivity index (χ2v) is 7.63. The second-order valence-electron chi connectivity index (χ2n) is 6.52. The molecule has 3 aromatic rings. The number of carboxylic acid groups (broad SMARTS) is 1. The summed E-state index contributed by atoms with van der Waals surface area (Å²) in [5, 5.41) is 16.6. The summed E-state index contributed by atoms with van der Waals surface area (Å²) in [5.74, 6) is -0.504. The summed E-state index contributed by atoms with van der Waals surface area (Å²) in [5.41, 5.74) is 1.85. The van der Waals surface area contributed by atoms with E-state index in [-0.39, 0.29) is 24.3 Å². The minimum atomic E-state index is -0.993. The number of amides is 1. The number of hydrogen-bond acceptors (Lipinski definition) is 7. The normalized spacial score (nSPS) is 13.1. The van der Waals surface area contributed by atoms with Crippen molar-refractivity contribution in [2.75, 3.05) is 5.32 Å². The van der Waals surface area contributed by atoms with Gasteiger partial charge in [0, 0.05) is 35.7 Å². The van der Waals surface area contributed by atoms with Crippen molar-refractivity contribution in [1.82, 2.24) is 15.1 Å². The first-order valence-electron chi connectivity index (χ1n) is 9.02. The van der Waals surface area contributed by atoms with Gasteiger partial charge < -0.3 is 14.9 Å². The third-order valence-electron chi connectivity index (χ3n) is 4.59. The molecule has 0 aliphatic heterocycles. The standard InChI is InChI=1S/C19H18N4O4S/c24-14(7-8-15-22-17(23-27-15)11-4-3-9-20-10-11)21-18-16(19(25)26)12-5-1-2-6-13(12)28-18/h3-4,9-10H,1-2,5-8H2,(H,21,24)(H,25,26). The molecule has 0 spiro atoms. The molecule has 0 atom stereocenters. The molecule has 0 fully saturated rings. The van der Waals surface area contributed by atoms with Crippen LogP contribution in [0.1, 0.15) is 46.0 Å². The maximum atomic E-state index is 12.4. The van der Waals surface area contributed by atoms with E-state index in [0.29, 0.717) is 16.7 Å². The molecule has 0 saturated carbocycles. The number of nitrogens with zero attached hydrogens (tertiary/aromatic N) is 3. The van der Waals surface area contributed by atoms with Crippen molar-refractivity contribution in [3.05, 3.63) is 46.4 Å². The van der Waals surface area contributed by atoms with Gasteiger partial charge in [-0.25, -0.2) is 4.79 Å². The number of anilines is 1. The van der Waals surface area contributed by atoms with Crippen molar-refractivity contribution < 1.29 is 19.2 Å². The zero-order valence-electron chi connectivity index (χ0n) is 15.0. The van der Waals surface area contributed by atoms with E-state index in [1.807, 2.05) is 6.07 Å². The summed E-state index contributed by atoms with van der Waals surface area (Å²) in [6, 6.07) is 3.60. The first-order valence-corrected chi connectivity index (χ1v) is 9.84. The molecule has 9 heteroatoms. The lowest BCUT2D eigenvalue weighted by molar-refractivity contribution is -0.116. The lowest BCUT2D eigenvalue weighted by Gasteiger charge is -2.10. The SMILES string of the molecule is O=C(CCc1nc(-c2cccnc2)no1)Nc1sc2c(c1C(=O)O)CCCC2. The number of carbonyl (C=O) groups excluding carboxylic acids is 1. The number of carbonyl (C=O) groups is 2. The van der Waals surface area contributed by atoms with Crippen LogP contribution in [0.2, 0.25) is 0 Å². The van der Waals surface area contributed by atoms with Crippen LogP contribution < -0.4 is 5.32 Å². The Balaban J connectivity index is 1.41. The van der Waals surface area contributed by atoms with Gasteiger partial charge in [0.25, 0.3) is 0 Å². The van der Waals surface area contributed by atoms with Crippen molar-refractivity contribution in [2.24, 2.45) is 0 Å². The number of hydrogen-bond donors (Lipinski definition) is 2. The summed E-state index contributed by atoms with van der Waals surface area (Å²) in [4.78, 5) is 33.4. The molecule has 3 aromatic heterocycles. The van der Waals surface area contributed by atoms with Gasteiger partial charge in [0.15, 0.2) is 0 Å². The summed E-state index contributed by atoms with van der Waals surface area (Å²) in [7, 11) is 0. The molecule has 0 bridgehead atoms. The Morgan fingerprint density at radius 3 is 2.93 bits per heavy atom. The number of thiophene rings is 1. The van der Waals surface area contributed by atoms with E-state index in [1.165, 1.54) is 11.3 Å². The summed E-state index contributed by atoms with van der Waals surface area (Å²) in [6.45, 7) is 0. The van der Waals surface area contributed by atoms with Gasteiger partial charge in [0.1, 0.15) is 5.00 Å². The van der Waals surface area contributed by atoms with Crippen LogP contribution in [-0.4, -0.2) is 32.1 Å². The second kappa shape index (κ2) is 7.89.